The molecule has 2 N–H and O–H groups in total. The third-order valence-corrected chi connectivity index (χ3v) is 2.43. The third kappa shape index (κ3) is 2.02. The van der Waals surface area contributed by atoms with Crippen molar-refractivity contribution in [2.75, 3.05) is 0 Å². The van der Waals surface area contributed by atoms with Gasteiger partial charge in [-0.05, 0) is 43.0 Å². The van der Waals surface area contributed by atoms with E-state index in [1.807, 2.05) is 13.1 Å². The Balaban J connectivity index is 2.40. The van der Waals surface area contributed by atoms with E-state index in [9.17, 15) is 0 Å². The van der Waals surface area contributed by atoms with Crippen LogP contribution in [-0.2, 0) is 6.42 Å². The lowest BCUT2D eigenvalue weighted by molar-refractivity contribution is 0.734. The highest BCUT2D eigenvalue weighted by molar-refractivity contribution is 5.36. The first-order valence-corrected chi connectivity index (χ1v) is 5.16. The monoisotopic (exact) mass is 188 g/mol. The molecule has 2 nitrogen and oxygen atoms in total. The minimum Gasteiger partial charge on any atom is -0.328 e. The van der Waals surface area contributed by atoms with Crippen molar-refractivity contribution < 1.29 is 0 Å². The summed E-state index contributed by atoms with van der Waals surface area (Å²) < 4.78 is 0. The molecule has 2 heteroatoms. The van der Waals surface area contributed by atoms with Crippen LogP contribution in [0.1, 0.15) is 25.3 Å². The minimum absolute atomic E-state index is 0.211. The van der Waals surface area contributed by atoms with Crippen LogP contribution < -0.4 is 16.3 Å². The molecular formula is C12H16N2. The number of hydrogen-bond acceptors (Lipinski definition) is 2. The molecule has 0 bridgehead atoms. The summed E-state index contributed by atoms with van der Waals surface area (Å²) in [7, 11) is 0. The van der Waals surface area contributed by atoms with Crippen LogP contribution in [0.4, 0.5) is 0 Å². The Bertz CT molecular complexity index is 432. The molecule has 1 unspecified atom stereocenters. The highest BCUT2D eigenvalue weighted by Crippen LogP contribution is 1.98. The number of fused-ring (bicyclic) bond motifs is 1. The van der Waals surface area contributed by atoms with Crippen molar-refractivity contribution in [3.63, 3.8) is 0 Å². The van der Waals surface area contributed by atoms with Gasteiger partial charge >= 0.3 is 0 Å². The van der Waals surface area contributed by atoms with Crippen molar-refractivity contribution >= 4 is 12.2 Å². The lowest BCUT2D eigenvalue weighted by Crippen LogP contribution is -2.31. The zero-order valence-electron chi connectivity index (χ0n) is 8.53. The topological polar surface area (TPSA) is 38.9 Å². The van der Waals surface area contributed by atoms with Gasteiger partial charge in [0, 0.05) is 12.2 Å². The molecule has 1 heterocycles. The maximum Gasteiger partial charge on any atom is 0.0659 e. The Morgan fingerprint density at radius 2 is 2.21 bits per heavy atom. The highest BCUT2D eigenvalue weighted by atomic mass is 14.7. The molecule has 0 saturated heterocycles. The van der Waals surface area contributed by atoms with Crippen LogP contribution in [0.5, 0.6) is 0 Å². The van der Waals surface area contributed by atoms with E-state index in [1.165, 1.54) is 10.8 Å². The molecule has 0 fully saturated rings. The van der Waals surface area contributed by atoms with Crippen molar-refractivity contribution in [3.05, 3.63) is 28.4 Å². The molecule has 0 amide bonds. The van der Waals surface area contributed by atoms with Gasteiger partial charge in [0.1, 0.15) is 0 Å². The Morgan fingerprint density at radius 3 is 3.00 bits per heavy atom. The minimum atomic E-state index is 0.211. The summed E-state index contributed by atoms with van der Waals surface area (Å²) in [4.78, 5) is 4.43. The molecule has 0 aromatic carbocycles. The summed E-state index contributed by atoms with van der Waals surface area (Å²) in [6, 6.07) is 2.42. The Labute approximate surface area is 84.2 Å². The molecule has 0 aliphatic heterocycles. The number of pyridine rings is 1. The summed E-state index contributed by atoms with van der Waals surface area (Å²) in [6.45, 7) is 2.02. The average Bonchev–Trinajstić information content (AvgIpc) is 2.17. The van der Waals surface area contributed by atoms with Crippen LogP contribution >= 0.6 is 0 Å². The number of rotatable bonds is 2. The van der Waals surface area contributed by atoms with Crippen molar-refractivity contribution in [1.82, 2.24) is 4.98 Å². The predicted octanol–water partition coefficient (Wildman–Crippen LogP) is 0.326. The van der Waals surface area contributed by atoms with Crippen LogP contribution in [-0.4, -0.2) is 11.0 Å². The fourth-order valence-corrected chi connectivity index (χ4v) is 1.81. The van der Waals surface area contributed by atoms with Gasteiger partial charge in [0.25, 0.3) is 0 Å². The van der Waals surface area contributed by atoms with Crippen LogP contribution in [0.15, 0.2) is 12.3 Å². The first-order chi connectivity index (χ1) is 6.75. The van der Waals surface area contributed by atoms with E-state index in [1.54, 1.807) is 0 Å². The van der Waals surface area contributed by atoms with E-state index < -0.39 is 0 Å². The fourth-order valence-electron chi connectivity index (χ4n) is 1.81. The molecule has 1 atom stereocenters. The van der Waals surface area contributed by atoms with Crippen molar-refractivity contribution in [3.8, 4) is 0 Å². The summed E-state index contributed by atoms with van der Waals surface area (Å²) in [5, 5.41) is 2.40. The summed E-state index contributed by atoms with van der Waals surface area (Å²) in [5.74, 6) is 0. The standard InChI is InChI=1S/C12H16N2/c1-9(13)6-10-7-11-4-2-3-5-12(11)14-8-10/h4-5,7-9H,2-3,6,13H2,1H3. The number of aromatic nitrogens is 1. The van der Waals surface area contributed by atoms with E-state index in [0.717, 1.165) is 24.6 Å². The first kappa shape index (κ1) is 9.41. The van der Waals surface area contributed by atoms with Crippen molar-refractivity contribution in [1.29, 1.82) is 0 Å². The maximum absolute atomic E-state index is 5.75. The fraction of sp³-hybridized carbons (Fsp3) is 0.417. The summed E-state index contributed by atoms with van der Waals surface area (Å²) in [5.41, 5.74) is 7.00. The van der Waals surface area contributed by atoms with Gasteiger partial charge in [-0.15, -0.1) is 0 Å². The predicted molar refractivity (Wildman–Crippen MR) is 59.0 cm³/mol. The molecule has 1 aliphatic carbocycles. The van der Waals surface area contributed by atoms with Gasteiger partial charge in [0.05, 0.1) is 5.35 Å². The average molecular weight is 188 g/mol. The zero-order valence-corrected chi connectivity index (χ0v) is 8.53. The van der Waals surface area contributed by atoms with Gasteiger partial charge in [-0.25, -0.2) is 0 Å². The van der Waals surface area contributed by atoms with Gasteiger partial charge in [-0.3, -0.25) is 4.98 Å². The van der Waals surface area contributed by atoms with E-state index in [2.05, 4.69) is 23.2 Å². The molecule has 1 aromatic rings. The second-order valence-corrected chi connectivity index (χ2v) is 3.99. The first-order valence-electron chi connectivity index (χ1n) is 5.16. The molecule has 2 rings (SSSR count). The zero-order chi connectivity index (χ0) is 9.97. The lowest BCUT2D eigenvalue weighted by Gasteiger charge is -2.05. The van der Waals surface area contributed by atoms with Gasteiger partial charge in [-0.1, -0.05) is 12.2 Å². The number of hydrogen-bond donors (Lipinski definition) is 1. The number of nitrogens with two attached hydrogens (primary N) is 1. The Hall–Kier alpha value is -1.15. The SMILES string of the molecule is CC(N)Cc1cnc2c(c1)=CCCC=2. The van der Waals surface area contributed by atoms with Crippen molar-refractivity contribution in [2.24, 2.45) is 5.73 Å². The van der Waals surface area contributed by atoms with E-state index in [4.69, 9.17) is 5.73 Å². The molecule has 1 aliphatic rings. The molecule has 0 radical (unpaired) electrons. The van der Waals surface area contributed by atoms with Crippen LogP contribution in [0.25, 0.3) is 12.2 Å². The summed E-state index contributed by atoms with van der Waals surface area (Å²) >= 11 is 0. The Kier molecular flexibility index (Phi) is 2.64. The normalized spacial score (nSPS) is 16.4. The highest BCUT2D eigenvalue weighted by Gasteiger charge is 2.00. The Morgan fingerprint density at radius 1 is 1.43 bits per heavy atom. The quantitative estimate of drug-likeness (QED) is 0.726. The molecule has 0 spiro atoms. The van der Waals surface area contributed by atoms with Crippen LogP contribution in [0.2, 0.25) is 0 Å². The van der Waals surface area contributed by atoms with E-state index in [-0.39, 0.29) is 6.04 Å². The second-order valence-electron chi connectivity index (χ2n) is 3.99. The van der Waals surface area contributed by atoms with Gasteiger partial charge in [0.2, 0.25) is 0 Å². The second kappa shape index (κ2) is 3.93. The summed E-state index contributed by atoms with van der Waals surface area (Å²) in [6.07, 6.45) is 9.56. The molecule has 0 saturated carbocycles. The van der Waals surface area contributed by atoms with Gasteiger partial charge < -0.3 is 5.73 Å². The van der Waals surface area contributed by atoms with E-state index >= 15 is 0 Å². The van der Waals surface area contributed by atoms with Gasteiger partial charge in [0.15, 0.2) is 0 Å². The van der Waals surface area contributed by atoms with Crippen LogP contribution in [0.3, 0.4) is 0 Å². The third-order valence-electron chi connectivity index (χ3n) is 2.43. The number of nitrogens with zero attached hydrogens (tertiary/aromatic N) is 1. The smallest absolute Gasteiger partial charge is 0.0659 e. The molecule has 14 heavy (non-hydrogen) atoms. The van der Waals surface area contributed by atoms with E-state index in [0.29, 0.717) is 0 Å². The lowest BCUT2D eigenvalue weighted by atomic mass is 10.1. The van der Waals surface area contributed by atoms with Gasteiger partial charge in [-0.2, -0.15) is 0 Å². The molecule has 74 valence electrons. The molecular weight excluding hydrogens is 172 g/mol. The molecule has 1 aromatic heterocycles. The van der Waals surface area contributed by atoms with Crippen LogP contribution in [0, 0.1) is 0 Å². The maximum atomic E-state index is 5.75. The largest absolute Gasteiger partial charge is 0.328 e. The van der Waals surface area contributed by atoms with Crippen molar-refractivity contribution in [2.45, 2.75) is 32.2 Å².